The van der Waals surface area contributed by atoms with E-state index in [-0.39, 0.29) is 5.75 Å². The molecule has 0 spiro atoms. The Kier molecular flexibility index (Phi) is 7.06. The first-order valence-corrected chi connectivity index (χ1v) is 8.20. The number of ether oxygens (including phenoxy) is 1. The number of hydrogen-bond acceptors (Lipinski definition) is 3. The predicted octanol–water partition coefficient (Wildman–Crippen LogP) is 3.81. The van der Waals surface area contributed by atoms with E-state index in [0.29, 0.717) is 6.04 Å². The molecule has 0 aliphatic carbocycles. The van der Waals surface area contributed by atoms with Crippen molar-refractivity contribution in [2.45, 2.75) is 45.3 Å². The molecule has 1 aliphatic heterocycles. The van der Waals surface area contributed by atoms with Crippen LogP contribution in [0.4, 0.5) is 8.78 Å². The van der Waals surface area contributed by atoms with Crippen LogP contribution in [0.3, 0.4) is 0 Å². The Hall–Kier alpha value is -1.20. The molecule has 3 nitrogen and oxygen atoms in total. The van der Waals surface area contributed by atoms with Crippen LogP contribution in [-0.4, -0.2) is 37.7 Å². The molecule has 22 heavy (non-hydrogen) atoms. The second kappa shape index (κ2) is 9.06. The third-order valence-corrected chi connectivity index (χ3v) is 4.16. The lowest BCUT2D eigenvalue weighted by Gasteiger charge is -2.35. The normalized spacial score (nSPS) is 17.6. The van der Waals surface area contributed by atoms with E-state index in [1.807, 2.05) is 12.1 Å². The Bertz CT molecular complexity index is 419. The number of nitrogens with zero attached hydrogens (tertiary/aromatic N) is 1. The zero-order valence-electron chi connectivity index (χ0n) is 13.2. The average molecular weight is 312 g/mol. The fraction of sp³-hybridized carbons (Fsp3) is 0.647. The molecule has 0 bridgehead atoms. The van der Waals surface area contributed by atoms with Crippen LogP contribution < -0.4 is 10.1 Å². The SMILES string of the molecule is CCCCC[C@@H](c1ccc(OC(F)F)cc1)N1CCNCC1. The Labute approximate surface area is 131 Å². The highest BCUT2D eigenvalue weighted by atomic mass is 19.3. The van der Waals surface area contributed by atoms with E-state index >= 15 is 0 Å². The number of alkyl halides is 2. The molecular formula is C17H26F2N2O. The average Bonchev–Trinajstić information content (AvgIpc) is 2.53. The van der Waals surface area contributed by atoms with Gasteiger partial charge in [0, 0.05) is 32.2 Å². The van der Waals surface area contributed by atoms with Crippen LogP contribution in [0.15, 0.2) is 24.3 Å². The number of rotatable bonds is 8. The maximum atomic E-state index is 12.2. The third kappa shape index (κ3) is 5.21. The molecule has 5 heteroatoms. The molecular weight excluding hydrogens is 286 g/mol. The molecule has 124 valence electrons. The van der Waals surface area contributed by atoms with Crippen LogP contribution in [-0.2, 0) is 0 Å². The number of nitrogens with one attached hydrogen (secondary N) is 1. The van der Waals surface area contributed by atoms with Crippen LogP contribution in [0.25, 0.3) is 0 Å². The standard InChI is InChI=1S/C17H26F2N2O/c1-2-3-4-5-16(21-12-10-20-11-13-21)14-6-8-15(9-7-14)22-17(18)19/h6-9,16-17,20H,2-5,10-13H2,1H3/t16-/m0/s1. The summed E-state index contributed by atoms with van der Waals surface area (Å²) in [6, 6.07) is 7.52. The summed E-state index contributed by atoms with van der Waals surface area (Å²) in [6.45, 7) is 3.53. The molecule has 1 aromatic rings. The fourth-order valence-electron chi connectivity index (χ4n) is 3.01. The topological polar surface area (TPSA) is 24.5 Å². The maximum absolute atomic E-state index is 12.2. The number of unbranched alkanes of at least 4 members (excludes halogenated alkanes) is 2. The molecule has 0 unspecified atom stereocenters. The summed E-state index contributed by atoms with van der Waals surface area (Å²) >= 11 is 0. The highest BCUT2D eigenvalue weighted by Gasteiger charge is 2.21. The molecule has 1 aliphatic rings. The highest BCUT2D eigenvalue weighted by molar-refractivity contribution is 5.29. The lowest BCUT2D eigenvalue weighted by Crippen LogP contribution is -2.45. The van der Waals surface area contributed by atoms with Gasteiger partial charge in [0.1, 0.15) is 5.75 Å². The lowest BCUT2D eigenvalue weighted by molar-refractivity contribution is -0.0498. The van der Waals surface area contributed by atoms with Gasteiger partial charge in [0.2, 0.25) is 0 Å². The number of piperazine rings is 1. The van der Waals surface area contributed by atoms with Gasteiger partial charge in [0.15, 0.2) is 0 Å². The van der Waals surface area contributed by atoms with Crippen molar-refractivity contribution in [1.82, 2.24) is 10.2 Å². The van der Waals surface area contributed by atoms with Gasteiger partial charge < -0.3 is 10.1 Å². The van der Waals surface area contributed by atoms with Crippen molar-refractivity contribution in [2.75, 3.05) is 26.2 Å². The maximum Gasteiger partial charge on any atom is 0.387 e. The van der Waals surface area contributed by atoms with E-state index in [2.05, 4.69) is 21.9 Å². The molecule has 0 saturated carbocycles. The van der Waals surface area contributed by atoms with Crippen LogP contribution in [0.2, 0.25) is 0 Å². The number of halogens is 2. The molecule has 1 atom stereocenters. The fourth-order valence-corrected chi connectivity index (χ4v) is 3.01. The Morgan fingerprint density at radius 1 is 1.14 bits per heavy atom. The summed E-state index contributed by atoms with van der Waals surface area (Å²) in [5.41, 5.74) is 1.19. The quantitative estimate of drug-likeness (QED) is 0.739. The van der Waals surface area contributed by atoms with E-state index in [0.717, 1.165) is 32.6 Å². The number of benzene rings is 1. The summed E-state index contributed by atoms with van der Waals surface area (Å²) in [6.07, 6.45) is 4.74. The van der Waals surface area contributed by atoms with Crippen molar-refractivity contribution >= 4 is 0 Å². The first-order valence-electron chi connectivity index (χ1n) is 8.20. The summed E-state index contributed by atoms with van der Waals surface area (Å²) in [5.74, 6) is 0.228. The summed E-state index contributed by atoms with van der Waals surface area (Å²) in [4.78, 5) is 2.50. The second-order valence-electron chi connectivity index (χ2n) is 5.75. The van der Waals surface area contributed by atoms with E-state index in [4.69, 9.17) is 0 Å². The van der Waals surface area contributed by atoms with Gasteiger partial charge in [-0.1, -0.05) is 38.3 Å². The van der Waals surface area contributed by atoms with Gasteiger partial charge in [-0.3, -0.25) is 4.90 Å². The Morgan fingerprint density at radius 2 is 1.82 bits per heavy atom. The van der Waals surface area contributed by atoms with Gasteiger partial charge in [-0.2, -0.15) is 8.78 Å². The van der Waals surface area contributed by atoms with Crippen molar-refractivity contribution in [1.29, 1.82) is 0 Å². The van der Waals surface area contributed by atoms with Crippen molar-refractivity contribution in [3.63, 3.8) is 0 Å². The largest absolute Gasteiger partial charge is 0.435 e. The van der Waals surface area contributed by atoms with E-state index in [9.17, 15) is 8.78 Å². The molecule has 0 radical (unpaired) electrons. The first-order chi connectivity index (χ1) is 10.7. The molecule has 2 rings (SSSR count). The van der Waals surface area contributed by atoms with Crippen LogP contribution in [0, 0.1) is 0 Å². The van der Waals surface area contributed by atoms with Crippen molar-refractivity contribution in [2.24, 2.45) is 0 Å². The van der Waals surface area contributed by atoms with Gasteiger partial charge in [-0.25, -0.2) is 0 Å². The van der Waals surface area contributed by atoms with E-state index in [1.165, 1.54) is 24.8 Å². The van der Waals surface area contributed by atoms with Crippen LogP contribution in [0.5, 0.6) is 5.75 Å². The van der Waals surface area contributed by atoms with Crippen LogP contribution >= 0.6 is 0 Å². The zero-order chi connectivity index (χ0) is 15.8. The monoisotopic (exact) mass is 312 g/mol. The van der Waals surface area contributed by atoms with Crippen molar-refractivity contribution in [3.05, 3.63) is 29.8 Å². The molecule has 1 saturated heterocycles. The summed E-state index contributed by atoms with van der Waals surface area (Å²) < 4.78 is 28.9. The third-order valence-electron chi connectivity index (χ3n) is 4.16. The first kappa shape index (κ1) is 17.2. The molecule has 1 aromatic carbocycles. The molecule has 0 amide bonds. The van der Waals surface area contributed by atoms with Gasteiger partial charge in [-0.15, -0.1) is 0 Å². The molecule has 1 heterocycles. The van der Waals surface area contributed by atoms with Gasteiger partial charge in [-0.05, 0) is 24.1 Å². The minimum atomic E-state index is -2.76. The van der Waals surface area contributed by atoms with Gasteiger partial charge in [0.05, 0.1) is 0 Å². The van der Waals surface area contributed by atoms with Gasteiger partial charge in [0.25, 0.3) is 0 Å². The highest BCUT2D eigenvalue weighted by Crippen LogP contribution is 2.28. The summed E-state index contributed by atoms with van der Waals surface area (Å²) in [7, 11) is 0. The smallest absolute Gasteiger partial charge is 0.387 e. The minimum absolute atomic E-state index is 0.228. The molecule has 1 fully saturated rings. The van der Waals surface area contributed by atoms with E-state index < -0.39 is 6.61 Å². The lowest BCUT2D eigenvalue weighted by atomic mass is 9.98. The molecule has 0 aromatic heterocycles. The predicted molar refractivity (Wildman–Crippen MR) is 84.4 cm³/mol. The number of hydrogen-bond donors (Lipinski definition) is 1. The Balaban J connectivity index is 2.05. The minimum Gasteiger partial charge on any atom is -0.435 e. The second-order valence-corrected chi connectivity index (χ2v) is 5.75. The van der Waals surface area contributed by atoms with Gasteiger partial charge >= 0.3 is 6.61 Å². The zero-order valence-corrected chi connectivity index (χ0v) is 13.2. The van der Waals surface area contributed by atoms with Crippen LogP contribution in [0.1, 0.15) is 44.2 Å². The summed E-state index contributed by atoms with van der Waals surface area (Å²) in [5, 5.41) is 3.37. The molecule has 1 N–H and O–H groups in total. The Morgan fingerprint density at radius 3 is 2.41 bits per heavy atom. The van der Waals surface area contributed by atoms with Crippen molar-refractivity contribution in [3.8, 4) is 5.75 Å². The van der Waals surface area contributed by atoms with E-state index in [1.54, 1.807) is 12.1 Å². The van der Waals surface area contributed by atoms with Crippen molar-refractivity contribution < 1.29 is 13.5 Å².